The molecule has 0 bridgehead atoms. The van der Waals surface area contributed by atoms with Crippen LogP contribution in [0.25, 0.3) is 0 Å². The molecule has 1 unspecified atom stereocenters. The number of nitrogens with two attached hydrogens (primary N) is 2. The van der Waals surface area contributed by atoms with Gasteiger partial charge in [0.25, 0.3) is 0 Å². The number of halogens is 2. The number of nitrogens with zero attached hydrogens (tertiary/aromatic N) is 3. The Hall–Kier alpha value is -2.26. The highest BCUT2D eigenvalue weighted by atomic mass is 32.2. The second-order valence-electron chi connectivity index (χ2n) is 5.62. The predicted molar refractivity (Wildman–Crippen MR) is 96.8 cm³/mol. The van der Waals surface area contributed by atoms with Gasteiger partial charge in [-0.25, -0.2) is 8.78 Å². The minimum atomic E-state index is -0.638. The molecule has 6 nitrogen and oxygen atoms in total. The summed E-state index contributed by atoms with van der Waals surface area (Å²) >= 11 is 1.20. The van der Waals surface area contributed by atoms with E-state index in [4.69, 9.17) is 11.5 Å². The van der Waals surface area contributed by atoms with Crippen molar-refractivity contribution < 1.29 is 8.78 Å². The number of hydrogen-bond donors (Lipinski definition) is 3. The van der Waals surface area contributed by atoms with Crippen LogP contribution in [-0.4, -0.2) is 22.9 Å². The van der Waals surface area contributed by atoms with E-state index in [0.29, 0.717) is 23.8 Å². The van der Waals surface area contributed by atoms with E-state index in [0.717, 1.165) is 12.2 Å². The van der Waals surface area contributed by atoms with E-state index in [1.54, 1.807) is 29.0 Å². The Balaban J connectivity index is 1.98. The number of hydrogen-bond acceptors (Lipinski definition) is 6. The first-order chi connectivity index (χ1) is 12.0. The van der Waals surface area contributed by atoms with E-state index >= 15 is 0 Å². The molecule has 5 N–H and O–H groups in total. The van der Waals surface area contributed by atoms with Crippen molar-refractivity contribution in [2.75, 3.05) is 23.3 Å². The van der Waals surface area contributed by atoms with Crippen molar-refractivity contribution in [3.8, 4) is 0 Å². The summed E-state index contributed by atoms with van der Waals surface area (Å²) in [6.45, 7) is 1.23. The normalized spacial score (nSPS) is 17.0. The summed E-state index contributed by atoms with van der Waals surface area (Å²) in [6, 6.07) is 3.84. The molecule has 2 heterocycles. The van der Waals surface area contributed by atoms with Crippen molar-refractivity contribution >= 4 is 23.3 Å². The predicted octanol–water partition coefficient (Wildman–Crippen LogP) is 2.47. The van der Waals surface area contributed by atoms with E-state index in [1.807, 2.05) is 0 Å². The van der Waals surface area contributed by atoms with Gasteiger partial charge in [0.2, 0.25) is 0 Å². The molecule has 1 aromatic heterocycles. The lowest BCUT2D eigenvalue weighted by Gasteiger charge is -2.25. The van der Waals surface area contributed by atoms with Crippen LogP contribution in [0.4, 0.5) is 20.3 Å². The standard InChI is InChI=1S/C16H20F2N6S/c1-23-15(21-7-3-6-19)12(8-22-23)24-9-13(20)25-16(24)14-10(17)4-2-5-11(14)18/h2,4-5,8-9,16,21H,3,6-7,19-20H2,1H3. The minimum absolute atomic E-state index is 0.0269. The molecule has 1 aliphatic rings. The maximum Gasteiger partial charge on any atom is 0.148 e. The van der Waals surface area contributed by atoms with Crippen LogP contribution >= 0.6 is 11.8 Å². The number of aryl methyl sites for hydroxylation is 1. The molecule has 1 aromatic carbocycles. The summed E-state index contributed by atoms with van der Waals surface area (Å²) in [6.07, 6.45) is 4.11. The minimum Gasteiger partial charge on any atom is -0.392 e. The Bertz CT molecular complexity index is 771. The van der Waals surface area contributed by atoms with Crippen LogP contribution < -0.4 is 21.7 Å². The lowest BCUT2D eigenvalue weighted by Crippen LogP contribution is -2.21. The zero-order valence-electron chi connectivity index (χ0n) is 13.7. The van der Waals surface area contributed by atoms with Crippen molar-refractivity contribution in [2.24, 2.45) is 18.5 Å². The fourth-order valence-corrected chi connectivity index (χ4v) is 3.75. The van der Waals surface area contributed by atoms with Gasteiger partial charge < -0.3 is 21.7 Å². The first kappa shape index (κ1) is 17.6. The molecule has 25 heavy (non-hydrogen) atoms. The Kier molecular flexibility index (Phi) is 5.14. The summed E-state index contributed by atoms with van der Waals surface area (Å²) in [5, 5.41) is 7.36. The molecule has 0 spiro atoms. The maximum atomic E-state index is 14.3. The first-order valence-corrected chi connectivity index (χ1v) is 8.73. The molecule has 3 rings (SSSR count). The molecule has 0 saturated heterocycles. The van der Waals surface area contributed by atoms with Gasteiger partial charge in [0, 0.05) is 19.8 Å². The van der Waals surface area contributed by atoms with Gasteiger partial charge in [-0.15, -0.1) is 0 Å². The molecular formula is C16H20F2N6S. The van der Waals surface area contributed by atoms with Gasteiger partial charge in [0.15, 0.2) is 0 Å². The van der Waals surface area contributed by atoms with Crippen LogP contribution in [0.3, 0.4) is 0 Å². The van der Waals surface area contributed by atoms with Crippen LogP contribution in [0.5, 0.6) is 0 Å². The van der Waals surface area contributed by atoms with Crippen molar-refractivity contribution in [1.82, 2.24) is 9.78 Å². The molecule has 0 aliphatic carbocycles. The summed E-state index contributed by atoms with van der Waals surface area (Å²) < 4.78 is 30.2. The Morgan fingerprint density at radius 3 is 2.72 bits per heavy atom. The number of nitrogens with one attached hydrogen (secondary N) is 1. The van der Waals surface area contributed by atoms with Crippen molar-refractivity contribution in [2.45, 2.75) is 11.8 Å². The van der Waals surface area contributed by atoms with Crippen LogP contribution in [0.2, 0.25) is 0 Å². The topological polar surface area (TPSA) is 85.1 Å². The van der Waals surface area contributed by atoms with Gasteiger partial charge in [0.1, 0.15) is 28.5 Å². The van der Waals surface area contributed by atoms with Crippen LogP contribution in [-0.2, 0) is 7.05 Å². The molecular weight excluding hydrogens is 346 g/mol. The van der Waals surface area contributed by atoms with Gasteiger partial charge in [-0.2, -0.15) is 5.10 Å². The number of benzene rings is 1. The van der Waals surface area contributed by atoms with Crippen molar-refractivity contribution in [3.05, 3.63) is 52.8 Å². The maximum absolute atomic E-state index is 14.3. The zero-order chi connectivity index (χ0) is 18.0. The van der Waals surface area contributed by atoms with Gasteiger partial charge >= 0.3 is 0 Å². The summed E-state index contributed by atoms with van der Waals surface area (Å²) in [5.74, 6) is -0.471. The lowest BCUT2D eigenvalue weighted by atomic mass is 10.1. The molecule has 1 aliphatic heterocycles. The van der Waals surface area contributed by atoms with Gasteiger partial charge in [-0.05, 0) is 25.1 Å². The smallest absolute Gasteiger partial charge is 0.148 e. The summed E-state index contributed by atoms with van der Waals surface area (Å²) in [4.78, 5) is 1.74. The highest BCUT2D eigenvalue weighted by Gasteiger charge is 2.33. The van der Waals surface area contributed by atoms with Gasteiger partial charge in [-0.3, -0.25) is 4.68 Å². The number of anilines is 2. The quantitative estimate of drug-likeness (QED) is 0.681. The van der Waals surface area contributed by atoms with Gasteiger partial charge in [0.05, 0.1) is 16.8 Å². The van der Waals surface area contributed by atoms with Crippen LogP contribution in [0.1, 0.15) is 17.4 Å². The molecule has 0 amide bonds. The number of rotatable bonds is 6. The summed E-state index contributed by atoms with van der Waals surface area (Å²) in [5.41, 5.74) is 12.1. The van der Waals surface area contributed by atoms with E-state index in [-0.39, 0.29) is 5.56 Å². The number of thioether (sulfide) groups is 1. The SMILES string of the molecule is Cn1ncc(N2C=C(N)SC2c2c(F)cccc2F)c1NCCCN. The molecule has 134 valence electrons. The molecule has 9 heteroatoms. The Morgan fingerprint density at radius 1 is 1.32 bits per heavy atom. The van der Waals surface area contributed by atoms with Crippen molar-refractivity contribution in [1.29, 1.82) is 0 Å². The third-order valence-corrected chi connectivity index (χ3v) is 4.95. The van der Waals surface area contributed by atoms with E-state index in [2.05, 4.69) is 10.4 Å². The fourth-order valence-electron chi connectivity index (χ4n) is 2.69. The Labute approximate surface area is 148 Å². The second-order valence-corrected chi connectivity index (χ2v) is 6.77. The average Bonchev–Trinajstić information content (AvgIpc) is 3.11. The van der Waals surface area contributed by atoms with E-state index in [9.17, 15) is 8.78 Å². The molecule has 0 radical (unpaired) electrons. The third kappa shape index (κ3) is 3.42. The van der Waals surface area contributed by atoms with E-state index < -0.39 is 17.0 Å². The largest absolute Gasteiger partial charge is 0.392 e. The molecule has 0 fully saturated rings. The van der Waals surface area contributed by atoms with Gasteiger partial charge in [-0.1, -0.05) is 17.8 Å². The average molecular weight is 366 g/mol. The molecule has 1 atom stereocenters. The number of aromatic nitrogens is 2. The lowest BCUT2D eigenvalue weighted by molar-refractivity contribution is 0.554. The highest BCUT2D eigenvalue weighted by Crippen LogP contribution is 2.47. The first-order valence-electron chi connectivity index (χ1n) is 7.85. The molecule has 0 saturated carbocycles. The van der Waals surface area contributed by atoms with Crippen LogP contribution in [0, 0.1) is 11.6 Å². The van der Waals surface area contributed by atoms with Crippen molar-refractivity contribution in [3.63, 3.8) is 0 Å². The van der Waals surface area contributed by atoms with E-state index in [1.165, 1.54) is 30.0 Å². The third-order valence-electron chi connectivity index (χ3n) is 3.88. The summed E-state index contributed by atoms with van der Waals surface area (Å²) in [7, 11) is 1.79. The fraction of sp³-hybridized carbons (Fsp3) is 0.312. The highest BCUT2D eigenvalue weighted by molar-refractivity contribution is 8.03. The second kappa shape index (κ2) is 7.32. The zero-order valence-corrected chi connectivity index (χ0v) is 14.6. The van der Waals surface area contributed by atoms with Crippen LogP contribution in [0.15, 0.2) is 35.6 Å². The Morgan fingerprint density at radius 2 is 2.04 bits per heavy atom. The molecule has 2 aromatic rings. The monoisotopic (exact) mass is 366 g/mol.